The fraction of sp³-hybridized carbons (Fsp3) is 0.500. The van der Waals surface area contributed by atoms with Crippen molar-refractivity contribution >= 4 is 15.8 Å². The zero-order valence-corrected chi connectivity index (χ0v) is 11.0. The molecule has 9 heteroatoms. The second-order valence-electron chi connectivity index (χ2n) is 4.46. The van der Waals surface area contributed by atoms with Crippen molar-refractivity contribution in [2.45, 2.75) is 23.8 Å². The molecule has 104 valence electrons. The Morgan fingerprint density at radius 2 is 2.16 bits per heavy atom. The van der Waals surface area contributed by atoms with Gasteiger partial charge in [-0.1, -0.05) is 6.92 Å². The summed E-state index contributed by atoms with van der Waals surface area (Å²) in [4.78, 5) is 13.1. The molecule has 8 nitrogen and oxygen atoms in total. The van der Waals surface area contributed by atoms with E-state index >= 15 is 0 Å². The summed E-state index contributed by atoms with van der Waals surface area (Å²) in [5, 5.41) is 20.2. The Labute approximate surface area is 109 Å². The van der Waals surface area contributed by atoms with Gasteiger partial charge < -0.3 is 15.2 Å². The van der Waals surface area contributed by atoms with Crippen LogP contribution in [0.15, 0.2) is 23.2 Å². The summed E-state index contributed by atoms with van der Waals surface area (Å²) in [7, 11) is -3.74. The highest BCUT2D eigenvalue weighted by Crippen LogP contribution is 2.30. The SMILES string of the molecule is CCC1(O)CN(S(=O)(=O)c2ccc([N+](=O)[O-])nc2)C1. The highest BCUT2D eigenvalue weighted by Gasteiger charge is 2.46. The van der Waals surface area contributed by atoms with E-state index in [2.05, 4.69) is 4.98 Å². The number of pyridine rings is 1. The lowest BCUT2D eigenvalue weighted by molar-refractivity contribution is -0.389. The lowest BCUT2D eigenvalue weighted by Gasteiger charge is -2.44. The molecule has 1 aliphatic rings. The van der Waals surface area contributed by atoms with Crippen LogP contribution < -0.4 is 0 Å². The summed E-state index contributed by atoms with van der Waals surface area (Å²) < 4.78 is 25.3. The molecule has 0 saturated carbocycles. The largest absolute Gasteiger partial charge is 0.387 e. The van der Waals surface area contributed by atoms with Crippen molar-refractivity contribution < 1.29 is 18.4 Å². The van der Waals surface area contributed by atoms with E-state index in [4.69, 9.17) is 0 Å². The molecule has 2 heterocycles. The topological polar surface area (TPSA) is 114 Å². The molecule has 1 saturated heterocycles. The number of aliphatic hydroxyl groups is 1. The van der Waals surface area contributed by atoms with Crippen LogP contribution in [-0.4, -0.2) is 46.4 Å². The summed E-state index contributed by atoms with van der Waals surface area (Å²) in [5.41, 5.74) is -0.971. The summed E-state index contributed by atoms with van der Waals surface area (Å²) in [6.07, 6.45) is 1.42. The van der Waals surface area contributed by atoms with Crippen LogP contribution in [-0.2, 0) is 10.0 Å². The third-order valence-corrected chi connectivity index (χ3v) is 4.92. The van der Waals surface area contributed by atoms with E-state index in [1.54, 1.807) is 6.92 Å². The summed E-state index contributed by atoms with van der Waals surface area (Å²) in [6.45, 7) is 1.84. The van der Waals surface area contributed by atoms with Gasteiger partial charge >= 0.3 is 5.82 Å². The van der Waals surface area contributed by atoms with Crippen molar-refractivity contribution in [3.05, 3.63) is 28.4 Å². The molecule has 1 N–H and O–H groups in total. The normalized spacial score (nSPS) is 18.8. The van der Waals surface area contributed by atoms with Gasteiger partial charge in [-0.15, -0.1) is 0 Å². The van der Waals surface area contributed by atoms with Crippen LogP contribution in [0.2, 0.25) is 0 Å². The van der Waals surface area contributed by atoms with Crippen molar-refractivity contribution in [2.24, 2.45) is 0 Å². The van der Waals surface area contributed by atoms with E-state index < -0.39 is 26.4 Å². The highest BCUT2D eigenvalue weighted by atomic mass is 32.2. The van der Waals surface area contributed by atoms with E-state index in [0.29, 0.717) is 6.42 Å². The second-order valence-corrected chi connectivity index (χ2v) is 6.40. The summed E-state index contributed by atoms with van der Waals surface area (Å²) >= 11 is 0. The van der Waals surface area contributed by atoms with Crippen molar-refractivity contribution in [1.29, 1.82) is 0 Å². The Kier molecular flexibility index (Phi) is 3.29. The van der Waals surface area contributed by atoms with E-state index in [0.717, 1.165) is 22.6 Å². The molecule has 19 heavy (non-hydrogen) atoms. The maximum absolute atomic E-state index is 12.1. The van der Waals surface area contributed by atoms with Crippen molar-refractivity contribution in [3.63, 3.8) is 0 Å². The molecule has 1 fully saturated rings. The molecule has 1 aromatic heterocycles. The van der Waals surface area contributed by atoms with E-state index in [1.807, 2.05) is 0 Å². The molecule has 0 aliphatic carbocycles. The average molecular weight is 287 g/mol. The molecule has 0 spiro atoms. The third kappa shape index (κ3) is 2.44. The van der Waals surface area contributed by atoms with Crippen LogP contribution >= 0.6 is 0 Å². The first kappa shape index (κ1) is 13.8. The molecule has 0 bridgehead atoms. The van der Waals surface area contributed by atoms with E-state index in [1.165, 1.54) is 0 Å². The van der Waals surface area contributed by atoms with Gasteiger partial charge in [0.2, 0.25) is 10.0 Å². The van der Waals surface area contributed by atoms with Gasteiger partial charge in [-0.25, -0.2) is 8.42 Å². The fourth-order valence-electron chi connectivity index (χ4n) is 1.79. The second kappa shape index (κ2) is 4.51. The van der Waals surface area contributed by atoms with E-state index in [-0.39, 0.29) is 18.0 Å². The number of β-amino-alcohol motifs (C(OH)–C–C–N with tert-alkyl or cyclic N) is 1. The minimum Gasteiger partial charge on any atom is -0.387 e. The number of aromatic nitrogens is 1. The smallest absolute Gasteiger partial charge is 0.363 e. The average Bonchev–Trinajstić information content (AvgIpc) is 2.35. The molecule has 1 aliphatic heterocycles. The van der Waals surface area contributed by atoms with Crippen molar-refractivity contribution in [1.82, 2.24) is 9.29 Å². The number of hydrogen-bond acceptors (Lipinski definition) is 6. The zero-order valence-electron chi connectivity index (χ0n) is 10.2. The van der Waals surface area contributed by atoms with E-state index in [9.17, 15) is 23.6 Å². The predicted molar refractivity (Wildman–Crippen MR) is 64.9 cm³/mol. The van der Waals surface area contributed by atoms with Gasteiger partial charge in [0.05, 0.1) is 5.60 Å². The predicted octanol–water partition coefficient (Wildman–Crippen LogP) is 0.135. The van der Waals surface area contributed by atoms with Crippen LogP contribution in [0.25, 0.3) is 0 Å². The molecule has 0 atom stereocenters. The number of sulfonamides is 1. The molecule has 0 aromatic carbocycles. The lowest BCUT2D eigenvalue weighted by Crippen LogP contribution is -2.62. The minimum atomic E-state index is -3.74. The monoisotopic (exact) mass is 287 g/mol. The Bertz CT molecular complexity index is 592. The first-order valence-corrected chi connectivity index (χ1v) is 7.05. The van der Waals surface area contributed by atoms with Crippen molar-refractivity contribution in [3.8, 4) is 0 Å². The van der Waals surface area contributed by atoms with Crippen LogP contribution in [0.1, 0.15) is 13.3 Å². The lowest BCUT2D eigenvalue weighted by atomic mass is 9.94. The molecular weight excluding hydrogens is 274 g/mol. The van der Waals surface area contributed by atoms with Gasteiger partial charge in [-0.2, -0.15) is 4.31 Å². The van der Waals surface area contributed by atoms with Gasteiger partial charge in [0.15, 0.2) is 6.20 Å². The van der Waals surface area contributed by atoms with Crippen LogP contribution in [0, 0.1) is 10.1 Å². The van der Waals surface area contributed by atoms with Crippen LogP contribution in [0.5, 0.6) is 0 Å². The van der Waals surface area contributed by atoms with Crippen molar-refractivity contribution in [2.75, 3.05) is 13.1 Å². The quantitative estimate of drug-likeness (QED) is 0.622. The molecule has 1 aromatic rings. The van der Waals surface area contributed by atoms with Gasteiger partial charge in [-0.3, -0.25) is 0 Å². The Morgan fingerprint density at radius 1 is 1.53 bits per heavy atom. The molecule has 2 rings (SSSR count). The first-order chi connectivity index (χ1) is 8.78. The third-order valence-electron chi connectivity index (χ3n) is 3.15. The number of rotatable bonds is 4. The van der Waals surface area contributed by atoms with Crippen LogP contribution in [0.3, 0.4) is 0 Å². The van der Waals surface area contributed by atoms with Gasteiger partial charge in [0, 0.05) is 19.2 Å². The first-order valence-electron chi connectivity index (χ1n) is 5.61. The van der Waals surface area contributed by atoms with Gasteiger partial charge in [0.1, 0.15) is 4.90 Å². The Balaban J connectivity index is 2.20. The maximum atomic E-state index is 12.1. The maximum Gasteiger partial charge on any atom is 0.363 e. The number of hydrogen-bond donors (Lipinski definition) is 1. The van der Waals surface area contributed by atoms with Gasteiger partial charge in [0.25, 0.3) is 0 Å². The molecule has 0 radical (unpaired) electrons. The molecule has 0 unspecified atom stereocenters. The van der Waals surface area contributed by atoms with Gasteiger partial charge in [-0.05, 0) is 22.4 Å². The number of nitro groups is 1. The Morgan fingerprint density at radius 3 is 2.58 bits per heavy atom. The standard InChI is InChI=1S/C10H13N3O5S/c1-2-10(14)6-12(7-10)19(17,18)8-3-4-9(11-5-8)13(15)16/h3-5,14H,2,6-7H2,1H3. The highest BCUT2D eigenvalue weighted by molar-refractivity contribution is 7.89. The fourth-order valence-corrected chi connectivity index (χ4v) is 3.33. The molecule has 0 amide bonds. The minimum absolute atomic E-state index is 0.0306. The van der Waals surface area contributed by atoms with Crippen LogP contribution in [0.4, 0.5) is 5.82 Å². The Hall–Kier alpha value is -1.58. The molecular formula is C10H13N3O5S. The number of nitrogens with zero attached hydrogens (tertiary/aromatic N) is 3. The summed E-state index contributed by atoms with van der Waals surface area (Å²) in [6, 6.07) is 2.18. The summed E-state index contributed by atoms with van der Waals surface area (Å²) in [5.74, 6) is -0.410. The zero-order chi connectivity index (χ0) is 14.3.